The molecule has 0 heterocycles. The molecule has 0 aromatic heterocycles. The molecule has 0 spiro atoms. The lowest BCUT2D eigenvalue weighted by molar-refractivity contribution is -0.887. The van der Waals surface area contributed by atoms with Crippen molar-refractivity contribution in [3.8, 4) is 0 Å². The van der Waals surface area contributed by atoms with Gasteiger partial charge in [0.05, 0.1) is 34.4 Å². The van der Waals surface area contributed by atoms with E-state index in [9.17, 15) is 19.5 Å². The number of aliphatic carboxylic acids is 1. The fourth-order valence-corrected chi connectivity index (χ4v) is 5.05. The Kier molecular flexibility index (Phi) is 29.8. The molecule has 2 unspecified atom stereocenters. The molecule has 8 nitrogen and oxygen atoms in total. The zero-order chi connectivity index (χ0) is 35.7. The zero-order valence-corrected chi connectivity index (χ0v) is 31.2. The topological polar surface area (TPSA) is 99.1 Å². The number of carbonyl (C=O) groups excluding carboxylic acids is 2. The number of nitrogens with zero attached hydrogens (tertiary/aromatic N) is 1. The van der Waals surface area contributed by atoms with Crippen LogP contribution in [0.15, 0.2) is 48.6 Å². The van der Waals surface area contributed by atoms with Crippen molar-refractivity contribution in [1.29, 1.82) is 0 Å². The average Bonchev–Trinajstić information content (AvgIpc) is 3.03. The quantitative estimate of drug-likeness (QED) is 0.0328. The van der Waals surface area contributed by atoms with Crippen molar-refractivity contribution in [2.24, 2.45) is 0 Å². The monoisotopic (exact) mass is 677 g/mol. The molecule has 0 radical (unpaired) electrons. The van der Waals surface area contributed by atoms with Crippen LogP contribution in [0.5, 0.6) is 0 Å². The summed E-state index contributed by atoms with van der Waals surface area (Å²) in [7, 11) is 5.49. The van der Waals surface area contributed by atoms with Crippen molar-refractivity contribution in [2.75, 3.05) is 41.0 Å². The molecule has 48 heavy (non-hydrogen) atoms. The van der Waals surface area contributed by atoms with Crippen molar-refractivity contribution >= 4 is 17.9 Å². The molecule has 0 saturated heterocycles. The highest BCUT2D eigenvalue weighted by molar-refractivity contribution is 5.72. The average molecular weight is 677 g/mol. The van der Waals surface area contributed by atoms with E-state index in [1.165, 1.54) is 38.5 Å². The predicted octanol–water partition coefficient (Wildman–Crippen LogP) is 9.29. The standard InChI is InChI=1S/C40H69NO7/c1-6-8-10-12-14-16-18-19-21-23-25-27-29-31-39(43)48-36(34-46-33-32-37(40(44)45)41(3,4)5)35-47-38(42)30-28-26-24-22-20-17-15-13-11-9-7-2/h9,11,15,17,19,21-22,24,36-37H,6-8,10,12-14,16,18,20,23,25-35H2,1-5H3/p+1/b11-9+,17-15+,21-19+,24-22+. The van der Waals surface area contributed by atoms with E-state index in [1.54, 1.807) is 0 Å². The van der Waals surface area contributed by atoms with Gasteiger partial charge in [-0.2, -0.15) is 0 Å². The van der Waals surface area contributed by atoms with E-state index >= 15 is 0 Å². The fourth-order valence-electron chi connectivity index (χ4n) is 5.05. The molecule has 0 fully saturated rings. The molecular weight excluding hydrogens is 606 g/mol. The third kappa shape index (κ3) is 29.4. The first-order chi connectivity index (χ1) is 23.1. The first kappa shape index (κ1) is 45.3. The van der Waals surface area contributed by atoms with Crippen LogP contribution in [0.25, 0.3) is 0 Å². The van der Waals surface area contributed by atoms with Gasteiger partial charge in [0.1, 0.15) is 6.61 Å². The third-order valence-corrected chi connectivity index (χ3v) is 7.96. The summed E-state index contributed by atoms with van der Waals surface area (Å²) >= 11 is 0. The number of rotatable bonds is 32. The van der Waals surface area contributed by atoms with Gasteiger partial charge in [0.25, 0.3) is 0 Å². The van der Waals surface area contributed by atoms with Crippen LogP contribution < -0.4 is 0 Å². The SMILES string of the molecule is CC/C=C/C/C=C/C/C=C/CCCC(=O)OCC(COCCC(C(=O)O)[N+](C)(C)C)OC(=O)CCCCC/C=C/CCCCCCCC. The molecule has 1 N–H and O–H groups in total. The molecule has 0 saturated carbocycles. The largest absolute Gasteiger partial charge is 0.477 e. The maximum Gasteiger partial charge on any atom is 0.362 e. The molecule has 0 aromatic rings. The summed E-state index contributed by atoms with van der Waals surface area (Å²) in [6.07, 6.45) is 34.5. The second-order valence-corrected chi connectivity index (χ2v) is 13.4. The number of carboxylic acids is 1. The van der Waals surface area contributed by atoms with E-state index in [4.69, 9.17) is 14.2 Å². The number of unbranched alkanes of at least 4 members (excludes halogenated alkanes) is 10. The summed E-state index contributed by atoms with van der Waals surface area (Å²) in [5, 5.41) is 9.57. The Morgan fingerprint density at radius 2 is 1.19 bits per heavy atom. The van der Waals surface area contributed by atoms with Gasteiger partial charge >= 0.3 is 17.9 Å². The molecule has 0 rings (SSSR count). The summed E-state index contributed by atoms with van der Waals surface area (Å²) in [6.45, 7) is 4.51. The number of quaternary nitrogens is 1. The Morgan fingerprint density at radius 1 is 0.646 bits per heavy atom. The van der Waals surface area contributed by atoms with Crippen molar-refractivity contribution in [1.82, 2.24) is 0 Å². The molecule has 2 atom stereocenters. The number of likely N-dealkylation sites (N-methyl/N-ethyl adjacent to an activating group) is 1. The number of carboxylic acid groups (broad SMARTS) is 1. The third-order valence-electron chi connectivity index (χ3n) is 7.96. The number of ether oxygens (including phenoxy) is 3. The van der Waals surface area contributed by atoms with Crippen LogP contribution in [0.1, 0.15) is 136 Å². The number of hydrogen-bond acceptors (Lipinski definition) is 6. The van der Waals surface area contributed by atoms with E-state index in [-0.39, 0.29) is 42.7 Å². The minimum absolute atomic E-state index is 0.0381. The maximum atomic E-state index is 12.6. The van der Waals surface area contributed by atoms with Gasteiger partial charge in [-0.1, -0.05) is 101 Å². The van der Waals surface area contributed by atoms with Gasteiger partial charge in [0, 0.05) is 19.3 Å². The molecule has 0 aromatic carbocycles. The summed E-state index contributed by atoms with van der Waals surface area (Å²) in [6, 6.07) is -0.623. The van der Waals surface area contributed by atoms with Gasteiger partial charge < -0.3 is 23.8 Å². The lowest BCUT2D eigenvalue weighted by Crippen LogP contribution is -2.50. The van der Waals surface area contributed by atoms with Crippen LogP contribution in [0.2, 0.25) is 0 Å². The van der Waals surface area contributed by atoms with Crippen LogP contribution in [-0.4, -0.2) is 80.6 Å². The predicted molar refractivity (Wildman–Crippen MR) is 197 cm³/mol. The Balaban J connectivity index is 4.54. The minimum Gasteiger partial charge on any atom is -0.477 e. The first-order valence-corrected chi connectivity index (χ1v) is 18.7. The summed E-state index contributed by atoms with van der Waals surface area (Å²) in [5.41, 5.74) is 0. The minimum atomic E-state index is -0.887. The highest BCUT2D eigenvalue weighted by Gasteiger charge is 2.31. The van der Waals surface area contributed by atoms with Crippen molar-refractivity contribution in [3.05, 3.63) is 48.6 Å². The van der Waals surface area contributed by atoms with Gasteiger partial charge in [-0.15, -0.1) is 0 Å². The van der Waals surface area contributed by atoms with Gasteiger partial charge in [-0.05, 0) is 64.2 Å². The van der Waals surface area contributed by atoms with E-state index in [0.29, 0.717) is 19.3 Å². The Hall–Kier alpha value is -2.71. The van der Waals surface area contributed by atoms with Crippen LogP contribution in [-0.2, 0) is 28.6 Å². The fraction of sp³-hybridized carbons (Fsp3) is 0.725. The smallest absolute Gasteiger partial charge is 0.362 e. The number of hydrogen-bond donors (Lipinski definition) is 1. The lowest BCUT2D eigenvalue weighted by atomic mass is 10.1. The summed E-state index contributed by atoms with van der Waals surface area (Å²) < 4.78 is 17.1. The second-order valence-electron chi connectivity index (χ2n) is 13.4. The van der Waals surface area contributed by atoms with E-state index in [0.717, 1.165) is 57.8 Å². The maximum absolute atomic E-state index is 12.6. The van der Waals surface area contributed by atoms with Crippen molar-refractivity contribution < 1.29 is 38.2 Å². The lowest BCUT2D eigenvalue weighted by Gasteiger charge is -2.31. The number of allylic oxidation sites excluding steroid dienone is 8. The molecule has 0 aliphatic carbocycles. The van der Waals surface area contributed by atoms with Crippen molar-refractivity contribution in [2.45, 2.75) is 148 Å². The van der Waals surface area contributed by atoms with E-state index in [2.05, 4.69) is 62.5 Å². The second kappa shape index (κ2) is 31.6. The van der Waals surface area contributed by atoms with Crippen LogP contribution in [0, 0.1) is 0 Å². The van der Waals surface area contributed by atoms with Gasteiger partial charge in [0.2, 0.25) is 0 Å². The molecule has 0 aliphatic rings. The Morgan fingerprint density at radius 3 is 1.81 bits per heavy atom. The summed E-state index contributed by atoms with van der Waals surface area (Å²) in [5.74, 6) is -1.57. The Bertz CT molecular complexity index is 932. The summed E-state index contributed by atoms with van der Waals surface area (Å²) in [4.78, 5) is 36.7. The van der Waals surface area contributed by atoms with Crippen LogP contribution in [0.3, 0.4) is 0 Å². The van der Waals surface area contributed by atoms with Gasteiger partial charge in [0.15, 0.2) is 12.1 Å². The first-order valence-electron chi connectivity index (χ1n) is 18.7. The molecule has 0 amide bonds. The Labute approximate surface area is 293 Å². The van der Waals surface area contributed by atoms with Crippen molar-refractivity contribution in [3.63, 3.8) is 0 Å². The zero-order valence-electron chi connectivity index (χ0n) is 31.2. The van der Waals surface area contributed by atoms with Gasteiger partial charge in [-0.25, -0.2) is 4.79 Å². The molecule has 0 aliphatic heterocycles. The van der Waals surface area contributed by atoms with E-state index < -0.39 is 18.1 Å². The molecule has 8 heteroatoms. The number of carbonyl (C=O) groups is 3. The van der Waals surface area contributed by atoms with Crippen LogP contribution in [0.4, 0.5) is 0 Å². The van der Waals surface area contributed by atoms with E-state index in [1.807, 2.05) is 21.1 Å². The highest BCUT2D eigenvalue weighted by atomic mass is 16.6. The van der Waals surface area contributed by atoms with Crippen LogP contribution >= 0.6 is 0 Å². The number of esters is 2. The molecule has 276 valence electrons. The van der Waals surface area contributed by atoms with Gasteiger partial charge in [-0.3, -0.25) is 9.59 Å². The molecule has 0 bridgehead atoms. The highest BCUT2D eigenvalue weighted by Crippen LogP contribution is 2.12. The normalized spacial score (nSPS) is 13.6. The molecular formula is C40H70NO7+.